The van der Waals surface area contributed by atoms with Crippen LogP contribution in [0.3, 0.4) is 0 Å². The number of hydrogen-bond donors (Lipinski definition) is 1. The zero-order chi connectivity index (χ0) is 12.5. The highest BCUT2D eigenvalue weighted by Crippen LogP contribution is 2.24. The smallest absolute Gasteiger partial charge is 0.186 e. The molecule has 0 unspecified atom stereocenters. The summed E-state index contributed by atoms with van der Waals surface area (Å²) in [5.74, 6) is -0.0989. The van der Waals surface area contributed by atoms with Gasteiger partial charge in [0.1, 0.15) is 10.8 Å². The number of nitrogens with zero attached hydrogens (tertiary/aromatic N) is 1. The first kappa shape index (κ1) is 12.1. The first-order valence-electron chi connectivity index (χ1n) is 4.96. The van der Waals surface area contributed by atoms with Crippen LogP contribution in [0.2, 0.25) is 0 Å². The molecule has 0 bridgehead atoms. The van der Waals surface area contributed by atoms with E-state index in [0.29, 0.717) is 5.01 Å². The molecule has 0 radical (unpaired) electrons. The Hall–Kier alpha value is -1.40. The van der Waals surface area contributed by atoms with Gasteiger partial charge in [0.15, 0.2) is 9.84 Å². The zero-order valence-corrected chi connectivity index (χ0v) is 10.9. The third kappa shape index (κ3) is 2.65. The number of sulfone groups is 1. The zero-order valence-electron chi connectivity index (χ0n) is 9.25. The van der Waals surface area contributed by atoms with Crippen LogP contribution in [0.1, 0.15) is 10.6 Å². The van der Waals surface area contributed by atoms with Crippen LogP contribution in [-0.2, 0) is 15.6 Å². The van der Waals surface area contributed by atoms with Crippen molar-refractivity contribution in [3.8, 4) is 0 Å². The van der Waals surface area contributed by atoms with Gasteiger partial charge in [-0.2, -0.15) is 0 Å². The van der Waals surface area contributed by atoms with Gasteiger partial charge in [-0.3, -0.25) is 0 Å². The fourth-order valence-corrected chi connectivity index (χ4v) is 3.96. The summed E-state index contributed by atoms with van der Waals surface area (Å²) in [5.41, 5.74) is 6.86. The second-order valence-corrected chi connectivity index (χ2v) is 6.66. The van der Waals surface area contributed by atoms with Gasteiger partial charge >= 0.3 is 0 Å². The molecular weight excluding hydrogens is 256 g/mol. The largest absolute Gasteiger partial charge is 0.398 e. The minimum atomic E-state index is -3.41. The lowest BCUT2D eigenvalue weighted by Crippen LogP contribution is -2.08. The molecule has 0 aliphatic heterocycles. The van der Waals surface area contributed by atoms with Crippen LogP contribution in [0.4, 0.5) is 5.69 Å². The molecule has 2 aromatic rings. The molecule has 17 heavy (non-hydrogen) atoms. The van der Waals surface area contributed by atoms with Gasteiger partial charge in [-0.25, -0.2) is 13.4 Å². The highest BCUT2D eigenvalue weighted by atomic mass is 32.2. The van der Waals surface area contributed by atoms with Crippen molar-refractivity contribution in [1.82, 2.24) is 4.98 Å². The monoisotopic (exact) mass is 268 g/mol. The van der Waals surface area contributed by atoms with E-state index in [2.05, 4.69) is 4.98 Å². The number of benzene rings is 1. The fraction of sp³-hybridized carbons (Fsp3) is 0.182. The maximum absolute atomic E-state index is 12.2. The van der Waals surface area contributed by atoms with Crippen LogP contribution >= 0.6 is 11.3 Å². The van der Waals surface area contributed by atoms with E-state index >= 15 is 0 Å². The second-order valence-electron chi connectivity index (χ2n) is 3.73. The predicted octanol–water partition coefficient (Wildman–Crippen LogP) is 2.01. The molecule has 0 spiro atoms. The Morgan fingerprint density at radius 3 is 2.82 bits per heavy atom. The van der Waals surface area contributed by atoms with Crippen molar-refractivity contribution in [1.29, 1.82) is 0 Å². The molecule has 6 heteroatoms. The second kappa shape index (κ2) is 4.46. The Kier molecular flexibility index (Phi) is 3.17. The summed E-state index contributed by atoms with van der Waals surface area (Å²) in [6.45, 7) is 1.84. The Morgan fingerprint density at radius 1 is 1.41 bits per heavy atom. The number of rotatable bonds is 3. The van der Waals surface area contributed by atoms with Crippen molar-refractivity contribution in [2.75, 3.05) is 5.73 Å². The highest BCUT2D eigenvalue weighted by molar-refractivity contribution is 7.91. The Labute approximate surface area is 104 Å². The number of thiazole rings is 1. The number of nitrogen functional groups attached to an aromatic ring is 1. The lowest BCUT2D eigenvalue weighted by Gasteiger charge is -2.07. The standard InChI is InChI=1S/C11H12N2O2S2/c1-8-2-3-9(12)10(6-8)17(14,15)7-11-13-4-5-16-11/h2-6H,7,12H2,1H3. The lowest BCUT2D eigenvalue weighted by atomic mass is 10.2. The topological polar surface area (TPSA) is 73.1 Å². The van der Waals surface area contributed by atoms with Crippen LogP contribution in [0.15, 0.2) is 34.7 Å². The molecule has 2 N–H and O–H groups in total. The number of aromatic nitrogens is 1. The van der Waals surface area contributed by atoms with Crippen molar-refractivity contribution >= 4 is 26.9 Å². The van der Waals surface area contributed by atoms with Crippen molar-refractivity contribution in [3.63, 3.8) is 0 Å². The van der Waals surface area contributed by atoms with E-state index in [1.807, 2.05) is 6.92 Å². The minimum absolute atomic E-state index is 0.0989. The number of nitrogens with two attached hydrogens (primary N) is 1. The summed E-state index contributed by atoms with van der Waals surface area (Å²) in [5, 5.41) is 2.33. The summed E-state index contributed by atoms with van der Waals surface area (Å²) < 4.78 is 24.3. The molecule has 0 amide bonds. The van der Waals surface area contributed by atoms with E-state index in [-0.39, 0.29) is 16.3 Å². The van der Waals surface area contributed by atoms with Crippen LogP contribution < -0.4 is 5.73 Å². The van der Waals surface area contributed by atoms with Gasteiger partial charge in [-0.05, 0) is 24.6 Å². The van der Waals surface area contributed by atoms with E-state index < -0.39 is 9.84 Å². The third-order valence-corrected chi connectivity index (χ3v) is 4.94. The van der Waals surface area contributed by atoms with E-state index in [4.69, 9.17) is 5.73 Å². The maximum Gasteiger partial charge on any atom is 0.186 e. The van der Waals surface area contributed by atoms with Gasteiger partial charge in [-0.15, -0.1) is 11.3 Å². The summed E-state index contributed by atoms with van der Waals surface area (Å²) in [6, 6.07) is 5.00. The van der Waals surface area contributed by atoms with Gasteiger partial charge in [-0.1, -0.05) is 6.07 Å². The van der Waals surface area contributed by atoms with Crippen molar-refractivity contribution < 1.29 is 8.42 Å². The molecule has 0 atom stereocenters. The van der Waals surface area contributed by atoms with E-state index in [9.17, 15) is 8.42 Å². The highest BCUT2D eigenvalue weighted by Gasteiger charge is 2.19. The van der Waals surface area contributed by atoms with Crippen LogP contribution in [0.5, 0.6) is 0 Å². The van der Waals surface area contributed by atoms with Gasteiger partial charge in [0.2, 0.25) is 0 Å². The molecule has 4 nitrogen and oxygen atoms in total. The molecule has 90 valence electrons. The summed E-state index contributed by atoms with van der Waals surface area (Å²) in [7, 11) is -3.41. The number of aryl methyl sites for hydroxylation is 1. The first-order chi connectivity index (χ1) is 7.99. The number of hydrogen-bond acceptors (Lipinski definition) is 5. The van der Waals surface area contributed by atoms with E-state index in [0.717, 1.165) is 5.56 Å². The molecule has 0 saturated heterocycles. The van der Waals surface area contributed by atoms with Crippen LogP contribution in [0, 0.1) is 6.92 Å². The molecule has 1 heterocycles. The average molecular weight is 268 g/mol. The fourth-order valence-electron chi connectivity index (χ4n) is 1.48. The maximum atomic E-state index is 12.2. The predicted molar refractivity (Wildman–Crippen MR) is 68.6 cm³/mol. The Morgan fingerprint density at radius 2 is 2.18 bits per heavy atom. The molecule has 0 aliphatic rings. The van der Waals surface area contributed by atoms with Gasteiger partial charge < -0.3 is 5.73 Å². The molecule has 0 saturated carbocycles. The van der Waals surface area contributed by atoms with Gasteiger partial charge in [0.25, 0.3) is 0 Å². The SMILES string of the molecule is Cc1ccc(N)c(S(=O)(=O)Cc2nccs2)c1. The Balaban J connectivity index is 2.41. The molecular formula is C11H12N2O2S2. The van der Waals surface area contributed by atoms with E-state index in [1.54, 1.807) is 29.8 Å². The lowest BCUT2D eigenvalue weighted by molar-refractivity contribution is 0.595. The molecule has 1 aromatic heterocycles. The number of anilines is 1. The summed E-state index contributed by atoms with van der Waals surface area (Å²) in [4.78, 5) is 4.17. The minimum Gasteiger partial charge on any atom is -0.398 e. The van der Waals surface area contributed by atoms with Gasteiger partial charge in [0.05, 0.1) is 10.6 Å². The molecule has 0 fully saturated rings. The van der Waals surface area contributed by atoms with Crippen LogP contribution in [0.25, 0.3) is 0 Å². The molecule has 0 aliphatic carbocycles. The summed E-state index contributed by atoms with van der Waals surface area (Å²) >= 11 is 1.32. The average Bonchev–Trinajstić information content (AvgIpc) is 2.73. The van der Waals surface area contributed by atoms with Crippen molar-refractivity contribution in [2.24, 2.45) is 0 Å². The third-order valence-electron chi connectivity index (χ3n) is 2.30. The quantitative estimate of drug-likeness (QED) is 0.864. The molecule has 1 aromatic carbocycles. The van der Waals surface area contributed by atoms with Gasteiger partial charge in [0, 0.05) is 11.6 Å². The first-order valence-corrected chi connectivity index (χ1v) is 7.49. The van der Waals surface area contributed by atoms with E-state index in [1.165, 1.54) is 11.3 Å². The summed E-state index contributed by atoms with van der Waals surface area (Å²) in [6.07, 6.45) is 1.59. The Bertz CT molecular complexity index is 619. The normalized spacial score (nSPS) is 11.6. The van der Waals surface area contributed by atoms with Crippen molar-refractivity contribution in [2.45, 2.75) is 17.6 Å². The molecule has 2 rings (SSSR count). The van der Waals surface area contributed by atoms with Crippen LogP contribution in [-0.4, -0.2) is 13.4 Å². The van der Waals surface area contributed by atoms with Crippen molar-refractivity contribution in [3.05, 3.63) is 40.3 Å².